The third kappa shape index (κ3) is 1.53. The van der Waals surface area contributed by atoms with Crippen LogP contribution in [0.5, 0.6) is 0 Å². The van der Waals surface area contributed by atoms with E-state index < -0.39 is 0 Å². The van der Waals surface area contributed by atoms with Crippen LogP contribution in [-0.4, -0.2) is 0 Å². The predicted molar refractivity (Wildman–Crippen MR) is 57.6 cm³/mol. The van der Waals surface area contributed by atoms with Gasteiger partial charge in [-0.25, -0.2) is 0 Å². The molecule has 0 fully saturated rings. The van der Waals surface area contributed by atoms with Crippen molar-refractivity contribution in [3.63, 3.8) is 0 Å². The van der Waals surface area contributed by atoms with E-state index in [1.54, 1.807) is 5.57 Å². The molecular weight excluding hydrogens is 156 g/mol. The van der Waals surface area contributed by atoms with E-state index >= 15 is 0 Å². The van der Waals surface area contributed by atoms with Crippen molar-refractivity contribution in [3.05, 3.63) is 41.0 Å². The average molecular weight is 172 g/mol. The lowest BCUT2D eigenvalue weighted by molar-refractivity contribution is 0.818. The second-order valence-corrected chi connectivity index (χ2v) is 3.99. The van der Waals surface area contributed by atoms with Crippen LogP contribution in [-0.2, 0) is 6.42 Å². The Kier molecular flexibility index (Phi) is 2.22. The molecule has 0 heteroatoms. The number of rotatable bonds is 0. The topological polar surface area (TPSA) is 0 Å². The normalized spacial score (nSPS) is 15.4. The van der Waals surface area contributed by atoms with Crippen molar-refractivity contribution < 1.29 is 0 Å². The van der Waals surface area contributed by atoms with Gasteiger partial charge in [-0.2, -0.15) is 0 Å². The Morgan fingerprint density at radius 3 is 2.62 bits per heavy atom. The summed E-state index contributed by atoms with van der Waals surface area (Å²) in [6, 6.07) is 8.81. The van der Waals surface area contributed by atoms with Gasteiger partial charge in [0.15, 0.2) is 0 Å². The summed E-state index contributed by atoms with van der Waals surface area (Å²) < 4.78 is 0. The van der Waals surface area contributed by atoms with E-state index in [2.05, 4.69) is 38.1 Å². The molecule has 1 aliphatic rings. The molecule has 0 radical (unpaired) electrons. The largest absolute Gasteiger partial charge is 0.0726 e. The van der Waals surface area contributed by atoms with E-state index in [0.717, 1.165) is 0 Å². The first-order chi connectivity index (χ1) is 6.29. The standard InChI is InChI=1S/C13H16/c1-10(2)12-9-5-7-11-6-3-4-8-13(11)12/h3-4,6,8H,5,7,9H2,1-2H3. The molecule has 1 aliphatic carbocycles. The molecule has 0 heterocycles. The maximum absolute atomic E-state index is 2.26. The van der Waals surface area contributed by atoms with Gasteiger partial charge in [0.2, 0.25) is 0 Å². The van der Waals surface area contributed by atoms with Crippen LogP contribution in [0, 0.1) is 0 Å². The first-order valence-corrected chi connectivity index (χ1v) is 5.03. The minimum absolute atomic E-state index is 1.26. The molecule has 0 aliphatic heterocycles. The molecule has 0 amide bonds. The van der Waals surface area contributed by atoms with Gasteiger partial charge < -0.3 is 0 Å². The van der Waals surface area contributed by atoms with E-state index in [9.17, 15) is 0 Å². The van der Waals surface area contributed by atoms with Gasteiger partial charge in [0, 0.05) is 0 Å². The van der Waals surface area contributed by atoms with Gasteiger partial charge >= 0.3 is 0 Å². The molecule has 0 nitrogen and oxygen atoms in total. The summed E-state index contributed by atoms with van der Waals surface area (Å²) in [6.45, 7) is 4.44. The minimum Gasteiger partial charge on any atom is -0.0726 e. The molecule has 0 saturated carbocycles. The Morgan fingerprint density at radius 2 is 1.85 bits per heavy atom. The SMILES string of the molecule is CC(C)=C1CCCc2ccccc21. The third-order valence-electron chi connectivity index (χ3n) is 2.82. The summed E-state index contributed by atoms with van der Waals surface area (Å²) in [4.78, 5) is 0. The Labute approximate surface area is 80.3 Å². The lowest BCUT2D eigenvalue weighted by atomic mass is 9.85. The molecule has 0 spiro atoms. The van der Waals surface area contributed by atoms with Crippen molar-refractivity contribution in [1.29, 1.82) is 0 Å². The summed E-state index contributed by atoms with van der Waals surface area (Å²) in [6.07, 6.45) is 3.84. The van der Waals surface area contributed by atoms with Crippen LogP contribution in [0.2, 0.25) is 0 Å². The molecule has 1 aromatic rings. The summed E-state index contributed by atoms with van der Waals surface area (Å²) in [7, 11) is 0. The second-order valence-electron chi connectivity index (χ2n) is 3.99. The molecule has 68 valence electrons. The van der Waals surface area contributed by atoms with E-state index in [-0.39, 0.29) is 0 Å². The molecule has 0 bridgehead atoms. The highest BCUT2D eigenvalue weighted by molar-refractivity contribution is 5.71. The van der Waals surface area contributed by atoms with Gasteiger partial charge in [-0.1, -0.05) is 29.8 Å². The Bertz CT molecular complexity index is 341. The van der Waals surface area contributed by atoms with Crippen LogP contribution in [0.1, 0.15) is 37.8 Å². The smallest absolute Gasteiger partial charge is 0.0193 e. The van der Waals surface area contributed by atoms with Crippen LogP contribution in [0.3, 0.4) is 0 Å². The van der Waals surface area contributed by atoms with Gasteiger partial charge in [-0.15, -0.1) is 0 Å². The average Bonchev–Trinajstić information content (AvgIpc) is 2.17. The zero-order valence-corrected chi connectivity index (χ0v) is 8.43. The van der Waals surface area contributed by atoms with Gasteiger partial charge in [0.25, 0.3) is 0 Å². The minimum atomic E-state index is 1.26. The third-order valence-corrected chi connectivity index (χ3v) is 2.82. The quantitative estimate of drug-likeness (QED) is 0.558. The second kappa shape index (κ2) is 3.37. The monoisotopic (exact) mass is 172 g/mol. The first-order valence-electron chi connectivity index (χ1n) is 5.03. The number of benzene rings is 1. The highest BCUT2D eigenvalue weighted by Gasteiger charge is 2.13. The highest BCUT2D eigenvalue weighted by Crippen LogP contribution is 2.32. The number of aryl methyl sites for hydroxylation is 1. The zero-order valence-electron chi connectivity index (χ0n) is 8.43. The molecule has 2 rings (SSSR count). The Balaban J connectivity index is 2.55. The fraction of sp³-hybridized carbons (Fsp3) is 0.385. The number of hydrogen-bond acceptors (Lipinski definition) is 0. The maximum Gasteiger partial charge on any atom is -0.0193 e. The van der Waals surface area contributed by atoms with Gasteiger partial charge in [0.05, 0.1) is 0 Å². The number of hydrogen-bond donors (Lipinski definition) is 0. The van der Waals surface area contributed by atoms with Crippen LogP contribution < -0.4 is 0 Å². The lowest BCUT2D eigenvalue weighted by Gasteiger charge is -2.20. The van der Waals surface area contributed by atoms with Gasteiger partial charge in [-0.3, -0.25) is 0 Å². The predicted octanol–water partition coefficient (Wildman–Crippen LogP) is 3.82. The Hall–Kier alpha value is -1.04. The lowest BCUT2D eigenvalue weighted by Crippen LogP contribution is -2.02. The highest BCUT2D eigenvalue weighted by atomic mass is 14.2. The molecule has 0 atom stereocenters. The van der Waals surface area contributed by atoms with Crippen LogP contribution in [0.15, 0.2) is 29.8 Å². The fourth-order valence-electron chi connectivity index (χ4n) is 2.14. The molecule has 0 unspecified atom stereocenters. The molecule has 0 aromatic heterocycles. The number of fused-ring (bicyclic) bond motifs is 1. The van der Waals surface area contributed by atoms with Crippen LogP contribution >= 0.6 is 0 Å². The van der Waals surface area contributed by atoms with Crippen molar-refractivity contribution >= 4 is 5.57 Å². The summed E-state index contributed by atoms with van der Waals surface area (Å²) in [5, 5.41) is 0. The molecular formula is C13H16. The Morgan fingerprint density at radius 1 is 1.08 bits per heavy atom. The first kappa shape index (κ1) is 8.55. The molecule has 13 heavy (non-hydrogen) atoms. The summed E-state index contributed by atoms with van der Waals surface area (Å²) in [5.74, 6) is 0. The fourth-order valence-corrected chi connectivity index (χ4v) is 2.14. The molecule has 0 N–H and O–H groups in total. The van der Waals surface area contributed by atoms with Crippen molar-refractivity contribution in [2.75, 3.05) is 0 Å². The zero-order chi connectivity index (χ0) is 9.26. The van der Waals surface area contributed by atoms with Crippen molar-refractivity contribution in [2.45, 2.75) is 33.1 Å². The van der Waals surface area contributed by atoms with Crippen LogP contribution in [0.25, 0.3) is 5.57 Å². The van der Waals surface area contributed by atoms with Gasteiger partial charge in [-0.05, 0) is 49.8 Å². The van der Waals surface area contributed by atoms with E-state index in [1.807, 2.05) is 0 Å². The van der Waals surface area contributed by atoms with Crippen LogP contribution in [0.4, 0.5) is 0 Å². The van der Waals surface area contributed by atoms with Gasteiger partial charge in [0.1, 0.15) is 0 Å². The molecule has 0 saturated heterocycles. The molecule has 1 aromatic carbocycles. The number of allylic oxidation sites excluding steroid dienone is 2. The maximum atomic E-state index is 2.26. The van der Waals surface area contributed by atoms with Crippen molar-refractivity contribution in [1.82, 2.24) is 0 Å². The van der Waals surface area contributed by atoms with E-state index in [1.165, 1.54) is 36.0 Å². The van der Waals surface area contributed by atoms with E-state index in [4.69, 9.17) is 0 Å². The van der Waals surface area contributed by atoms with Crippen molar-refractivity contribution in [3.8, 4) is 0 Å². The summed E-state index contributed by atoms with van der Waals surface area (Å²) in [5.41, 5.74) is 6.08. The summed E-state index contributed by atoms with van der Waals surface area (Å²) >= 11 is 0. The van der Waals surface area contributed by atoms with Crippen molar-refractivity contribution in [2.24, 2.45) is 0 Å². The van der Waals surface area contributed by atoms with E-state index in [0.29, 0.717) is 0 Å².